The number of nitrogens with zero attached hydrogens (tertiary/aromatic N) is 6. The van der Waals surface area contributed by atoms with Crippen molar-refractivity contribution < 1.29 is 9.84 Å². The Morgan fingerprint density at radius 2 is 1.86 bits per heavy atom. The van der Waals surface area contributed by atoms with Crippen LogP contribution in [0.15, 0.2) is 24.4 Å². The van der Waals surface area contributed by atoms with Crippen LogP contribution in [0, 0.1) is 0 Å². The molecule has 3 aromatic rings. The third-order valence-electron chi connectivity index (χ3n) is 7.20. The number of aliphatic hydroxyl groups excluding tert-OH is 1. The summed E-state index contributed by atoms with van der Waals surface area (Å²) < 4.78 is 6.17. The van der Waals surface area contributed by atoms with Crippen molar-refractivity contribution in [3.05, 3.63) is 29.4 Å². The summed E-state index contributed by atoms with van der Waals surface area (Å²) in [6, 6.07) is 7.26. The van der Waals surface area contributed by atoms with E-state index < -0.39 is 8.07 Å². The second kappa shape index (κ2) is 11.1. The van der Waals surface area contributed by atoms with E-state index in [1.807, 2.05) is 18.3 Å². The lowest BCUT2D eigenvalue weighted by atomic mass is 10.1. The Labute approximate surface area is 218 Å². The summed E-state index contributed by atoms with van der Waals surface area (Å²) in [5.41, 5.74) is 2.77. The molecular weight excluding hydrogens is 488 g/mol. The molecule has 4 heterocycles. The van der Waals surface area contributed by atoms with Crippen molar-refractivity contribution in [3.8, 4) is 0 Å². The van der Waals surface area contributed by atoms with Gasteiger partial charge in [-0.25, -0.2) is 4.98 Å². The Morgan fingerprint density at radius 1 is 1.08 bits per heavy atom. The van der Waals surface area contributed by atoms with Crippen LogP contribution in [0.2, 0.25) is 25.7 Å². The van der Waals surface area contributed by atoms with Gasteiger partial charge in [0.25, 0.3) is 0 Å². The van der Waals surface area contributed by atoms with Gasteiger partial charge in [0.15, 0.2) is 0 Å². The molecule has 0 atom stereocenters. The molecule has 1 saturated heterocycles. The van der Waals surface area contributed by atoms with Crippen molar-refractivity contribution in [2.24, 2.45) is 0 Å². The maximum absolute atomic E-state index is 9.88. The van der Waals surface area contributed by atoms with E-state index in [0.29, 0.717) is 12.6 Å². The number of rotatable bonds is 9. The lowest BCUT2D eigenvalue weighted by Gasteiger charge is -2.31. The van der Waals surface area contributed by atoms with Crippen LogP contribution >= 0.6 is 11.3 Å². The van der Waals surface area contributed by atoms with Crippen LogP contribution in [0.3, 0.4) is 0 Å². The summed E-state index contributed by atoms with van der Waals surface area (Å²) in [6.45, 7) is 9.90. The molecule has 5 rings (SSSR count). The average molecular weight is 527 g/mol. The molecule has 8 nitrogen and oxygen atoms in total. The first kappa shape index (κ1) is 25.5. The molecule has 1 aliphatic heterocycles. The standard InChI is InChI=1S/C26H38N6O2SSi/c1-36(2,3)15-14-34-18-32(26-30-29-25(35-26)19-6-4-5-7-19)24-9-8-22-23(28-24)16-20(17-27-22)31-12-10-21(33)11-13-31/h8-9,16-17,19,21,33H,4-7,10-15,18H2,1-3H3. The number of pyridine rings is 2. The molecule has 10 heteroatoms. The zero-order valence-corrected chi connectivity index (χ0v) is 23.5. The topological polar surface area (TPSA) is 87.5 Å². The van der Waals surface area contributed by atoms with Gasteiger partial charge in [-0.3, -0.25) is 9.88 Å². The fraction of sp³-hybridized carbons (Fsp3) is 0.615. The van der Waals surface area contributed by atoms with E-state index in [1.54, 1.807) is 11.3 Å². The molecule has 0 amide bonds. The van der Waals surface area contributed by atoms with E-state index in [1.165, 1.54) is 25.7 Å². The highest BCUT2D eigenvalue weighted by Gasteiger charge is 2.24. The van der Waals surface area contributed by atoms with Gasteiger partial charge < -0.3 is 14.7 Å². The van der Waals surface area contributed by atoms with Crippen molar-refractivity contribution in [2.45, 2.75) is 76.2 Å². The van der Waals surface area contributed by atoms with Crippen molar-refractivity contribution in [2.75, 3.05) is 36.2 Å². The number of piperidine rings is 1. The van der Waals surface area contributed by atoms with E-state index in [2.05, 4.69) is 50.7 Å². The molecule has 2 aliphatic rings. The third-order valence-corrected chi connectivity index (χ3v) is 10.0. The maximum Gasteiger partial charge on any atom is 0.215 e. The second-order valence-corrected chi connectivity index (χ2v) is 17.9. The van der Waals surface area contributed by atoms with Crippen LogP contribution in [0.1, 0.15) is 49.5 Å². The molecule has 0 radical (unpaired) electrons. The van der Waals surface area contributed by atoms with Crippen LogP contribution in [0.4, 0.5) is 16.6 Å². The molecule has 194 valence electrons. The zero-order valence-electron chi connectivity index (χ0n) is 21.7. The van der Waals surface area contributed by atoms with Gasteiger partial charge in [-0.2, -0.15) is 0 Å². The Morgan fingerprint density at radius 3 is 2.61 bits per heavy atom. The van der Waals surface area contributed by atoms with Gasteiger partial charge in [0.1, 0.15) is 17.6 Å². The first-order valence-electron chi connectivity index (χ1n) is 13.2. The van der Waals surface area contributed by atoms with Crippen molar-refractivity contribution in [3.63, 3.8) is 0 Å². The van der Waals surface area contributed by atoms with E-state index in [-0.39, 0.29) is 6.10 Å². The number of hydrogen-bond acceptors (Lipinski definition) is 9. The van der Waals surface area contributed by atoms with E-state index in [9.17, 15) is 5.11 Å². The highest BCUT2D eigenvalue weighted by molar-refractivity contribution is 7.15. The third kappa shape index (κ3) is 6.22. The Balaban J connectivity index is 1.40. The Hall–Kier alpha value is -2.14. The number of aliphatic hydroxyl groups is 1. The van der Waals surface area contributed by atoms with E-state index >= 15 is 0 Å². The number of fused-ring (bicyclic) bond motifs is 1. The van der Waals surface area contributed by atoms with Gasteiger partial charge in [-0.1, -0.05) is 43.8 Å². The first-order valence-corrected chi connectivity index (χ1v) is 17.8. The largest absolute Gasteiger partial charge is 0.393 e. The minimum Gasteiger partial charge on any atom is -0.393 e. The van der Waals surface area contributed by atoms with Crippen LogP contribution in [-0.2, 0) is 4.74 Å². The van der Waals surface area contributed by atoms with Gasteiger partial charge in [-0.15, -0.1) is 10.2 Å². The van der Waals surface area contributed by atoms with Gasteiger partial charge in [0, 0.05) is 33.7 Å². The smallest absolute Gasteiger partial charge is 0.215 e. The minimum atomic E-state index is -1.18. The summed E-state index contributed by atoms with van der Waals surface area (Å²) in [4.78, 5) is 14.0. The van der Waals surface area contributed by atoms with Crippen LogP contribution in [0.25, 0.3) is 11.0 Å². The van der Waals surface area contributed by atoms with Crippen molar-refractivity contribution in [1.82, 2.24) is 20.2 Å². The van der Waals surface area contributed by atoms with Crippen molar-refractivity contribution in [1.29, 1.82) is 0 Å². The number of anilines is 3. The molecule has 0 aromatic carbocycles. The Kier molecular flexibility index (Phi) is 7.85. The molecule has 2 fully saturated rings. The normalized spacial score (nSPS) is 17.8. The summed E-state index contributed by atoms with van der Waals surface area (Å²) in [7, 11) is -1.18. The summed E-state index contributed by atoms with van der Waals surface area (Å²) in [5, 5.41) is 21.0. The quantitative estimate of drug-likeness (QED) is 0.221. The summed E-state index contributed by atoms with van der Waals surface area (Å²) in [6.07, 6.45) is 8.26. The predicted molar refractivity (Wildman–Crippen MR) is 149 cm³/mol. The maximum atomic E-state index is 9.88. The number of ether oxygens (including phenoxy) is 1. The summed E-state index contributed by atoms with van der Waals surface area (Å²) >= 11 is 1.67. The molecule has 3 aromatic heterocycles. The highest BCUT2D eigenvalue weighted by atomic mass is 32.1. The van der Waals surface area contributed by atoms with E-state index in [0.717, 1.165) is 71.3 Å². The molecule has 36 heavy (non-hydrogen) atoms. The van der Waals surface area contributed by atoms with E-state index in [4.69, 9.17) is 9.72 Å². The molecule has 1 aliphatic carbocycles. The van der Waals surface area contributed by atoms with Crippen LogP contribution in [-0.4, -0.2) is 65.9 Å². The van der Waals surface area contributed by atoms with Crippen LogP contribution in [0.5, 0.6) is 0 Å². The van der Waals surface area contributed by atoms with Gasteiger partial charge >= 0.3 is 0 Å². The molecule has 1 saturated carbocycles. The second-order valence-electron chi connectivity index (χ2n) is 11.3. The molecule has 0 bridgehead atoms. The SMILES string of the molecule is C[Si](C)(C)CCOCN(c1ccc2ncc(N3CCC(O)CC3)cc2n1)c1nnc(C2CCCC2)s1. The monoisotopic (exact) mass is 526 g/mol. The van der Waals surface area contributed by atoms with Crippen LogP contribution < -0.4 is 9.80 Å². The fourth-order valence-corrected chi connectivity index (χ4v) is 6.63. The number of hydrogen-bond donors (Lipinski definition) is 1. The molecule has 0 spiro atoms. The predicted octanol–water partition coefficient (Wildman–Crippen LogP) is 5.55. The van der Waals surface area contributed by atoms with Gasteiger partial charge in [0.05, 0.1) is 29.0 Å². The van der Waals surface area contributed by atoms with Gasteiger partial charge in [0.2, 0.25) is 5.13 Å². The average Bonchev–Trinajstić information content (AvgIpc) is 3.56. The van der Waals surface area contributed by atoms with Crippen molar-refractivity contribution >= 4 is 47.1 Å². The molecule has 0 unspecified atom stereocenters. The summed E-state index contributed by atoms with van der Waals surface area (Å²) in [5.74, 6) is 1.34. The molecular formula is C26H38N6O2SSi. The minimum absolute atomic E-state index is 0.199. The number of aromatic nitrogens is 4. The first-order chi connectivity index (χ1) is 17.4. The lowest BCUT2D eigenvalue weighted by molar-refractivity contribution is 0.145. The van der Waals surface area contributed by atoms with Gasteiger partial charge in [-0.05, 0) is 49.9 Å². The molecule has 1 N–H and O–H groups in total. The Bertz CT molecular complexity index is 1150. The lowest BCUT2D eigenvalue weighted by Crippen LogP contribution is -2.35. The fourth-order valence-electron chi connectivity index (χ4n) is 4.86. The highest BCUT2D eigenvalue weighted by Crippen LogP contribution is 2.38. The zero-order chi connectivity index (χ0) is 25.1.